The Morgan fingerprint density at radius 1 is 1.64 bits per heavy atom. The highest BCUT2D eigenvalue weighted by molar-refractivity contribution is 5.67. The lowest BCUT2D eigenvalue weighted by Crippen LogP contribution is -2.20. The number of allylic oxidation sites excluding steroid dienone is 1. The van der Waals surface area contributed by atoms with Crippen molar-refractivity contribution < 1.29 is 9.90 Å². The van der Waals surface area contributed by atoms with Crippen LogP contribution in [0.5, 0.6) is 0 Å². The van der Waals surface area contributed by atoms with Crippen molar-refractivity contribution in [1.82, 2.24) is 0 Å². The summed E-state index contributed by atoms with van der Waals surface area (Å²) in [5.74, 6) is -0.107. The maximum Gasteiger partial charge on any atom is 0.303 e. The fraction of sp³-hybridized carbons (Fsp3) is 0.727. The lowest BCUT2D eigenvalue weighted by molar-refractivity contribution is -0.138. The van der Waals surface area contributed by atoms with Crippen LogP contribution in [0.1, 0.15) is 32.6 Å². The van der Waals surface area contributed by atoms with Crippen LogP contribution < -0.4 is 5.73 Å². The minimum atomic E-state index is -0.753. The van der Waals surface area contributed by atoms with Gasteiger partial charge < -0.3 is 10.8 Å². The first-order valence-electron chi connectivity index (χ1n) is 5.12. The van der Waals surface area contributed by atoms with Crippen molar-refractivity contribution in [2.24, 2.45) is 17.6 Å². The first kappa shape index (κ1) is 13.2. The fourth-order valence-corrected chi connectivity index (χ4v) is 1.60. The van der Waals surface area contributed by atoms with Crippen molar-refractivity contribution in [2.75, 3.05) is 6.54 Å². The largest absolute Gasteiger partial charge is 0.481 e. The molecule has 0 aliphatic rings. The van der Waals surface area contributed by atoms with E-state index in [1.807, 2.05) is 6.08 Å². The molecule has 0 bridgehead atoms. The topological polar surface area (TPSA) is 63.3 Å². The van der Waals surface area contributed by atoms with Crippen molar-refractivity contribution in [3.8, 4) is 0 Å². The van der Waals surface area contributed by atoms with Crippen molar-refractivity contribution in [3.63, 3.8) is 0 Å². The maximum absolute atomic E-state index is 10.5. The Labute approximate surface area is 86.0 Å². The second kappa shape index (κ2) is 7.56. The third-order valence-electron chi connectivity index (χ3n) is 2.40. The van der Waals surface area contributed by atoms with E-state index in [9.17, 15) is 4.79 Å². The number of nitrogens with two attached hydrogens (primary N) is 1. The summed E-state index contributed by atoms with van der Waals surface area (Å²) >= 11 is 0. The fourth-order valence-electron chi connectivity index (χ4n) is 1.60. The van der Waals surface area contributed by atoms with E-state index in [2.05, 4.69) is 13.5 Å². The van der Waals surface area contributed by atoms with Gasteiger partial charge in [-0.25, -0.2) is 0 Å². The number of hydrogen-bond acceptors (Lipinski definition) is 2. The van der Waals surface area contributed by atoms with Crippen molar-refractivity contribution in [2.45, 2.75) is 32.6 Å². The molecule has 0 aromatic carbocycles. The van der Waals surface area contributed by atoms with E-state index in [-0.39, 0.29) is 12.3 Å². The molecule has 0 aromatic heterocycles. The van der Waals surface area contributed by atoms with Crippen LogP contribution in [0.25, 0.3) is 0 Å². The van der Waals surface area contributed by atoms with Gasteiger partial charge >= 0.3 is 5.97 Å². The monoisotopic (exact) mass is 199 g/mol. The lowest BCUT2D eigenvalue weighted by atomic mass is 9.90. The maximum atomic E-state index is 10.5. The molecule has 0 aliphatic heterocycles. The smallest absolute Gasteiger partial charge is 0.303 e. The minimum Gasteiger partial charge on any atom is -0.481 e. The summed E-state index contributed by atoms with van der Waals surface area (Å²) in [6.07, 6.45) is 5.04. The quantitative estimate of drug-likeness (QED) is 0.588. The van der Waals surface area contributed by atoms with Gasteiger partial charge in [-0.15, -0.1) is 6.58 Å². The summed E-state index contributed by atoms with van der Waals surface area (Å²) in [5.41, 5.74) is 5.51. The van der Waals surface area contributed by atoms with E-state index in [1.54, 1.807) is 0 Å². The van der Waals surface area contributed by atoms with Crippen LogP contribution in [-0.4, -0.2) is 17.6 Å². The van der Waals surface area contributed by atoms with Crippen molar-refractivity contribution in [3.05, 3.63) is 12.7 Å². The van der Waals surface area contributed by atoms with E-state index >= 15 is 0 Å². The SMILES string of the molecule is C=CCCC(C)C[C@H](CN)CC(=O)O. The Kier molecular flexibility index (Phi) is 7.11. The molecule has 3 heteroatoms. The predicted molar refractivity (Wildman–Crippen MR) is 58.0 cm³/mol. The highest BCUT2D eigenvalue weighted by Crippen LogP contribution is 2.18. The summed E-state index contributed by atoms with van der Waals surface area (Å²) in [6, 6.07) is 0. The molecule has 3 nitrogen and oxygen atoms in total. The van der Waals surface area contributed by atoms with E-state index in [1.165, 1.54) is 0 Å². The molecule has 0 amide bonds. The van der Waals surface area contributed by atoms with Gasteiger partial charge in [0.05, 0.1) is 0 Å². The Morgan fingerprint density at radius 2 is 2.29 bits per heavy atom. The molecule has 0 aliphatic carbocycles. The third-order valence-corrected chi connectivity index (χ3v) is 2.40. The lowest BCUT2D eigenvalue weighted by Gasteiger charge is -2.17. The van der Waals surface area contributed by atoms with Gasteiger partial charge in [0.2, 0.25) is 0 Å². The number of aliphatic carboxylic acids is 1. The Hall–Kier alpha value is -0.830. The van der Waals surface area contributed by atoms with E-state index in [0.29, 0.717) is 12.5 Å². The third kappa shape index (κ3) is 6.66. The standard InChI is InChI=1S/C11H21NO2/c1-3-4-5-9(2)6-10(8-12)7-11(13)14/h3,9-10H,1,4-8,12H2,2H3,(H,13,14)/t9?,10-/m0/s1. The average Bonchev–Trinajstić information content (AvgIpc) is 2.12. The van der Waals surface area contributed by atoms with E-state index in [0.717, 1.165) is 19.3 Å². The van der Waals surface area contributed by atoms with Crippen LogP contribution in [0.15, 0.2) is 12.7 Å². The molecule has 2 atom stereocenters. The molecule has 0 radical (unpaired) electrons. The minimum absolute atomic E-state index is 0.118. The molecule has 0 aromatic rings. The Morgan fingerprint density at radius 3 is 2.71 bits per heavy atom. The van der Waals surface area contributed by atoms with Crippen LogP contribution in [0.4, 0.5) is 0 Å². The Bertz CT molecular complexity index is 180. The van der Waals surface area contributed by atoms with Gasteiger partial charge in [0.15, 0.2) is 0 Å². The first-order chi connectivity index (χ1) is 6.60. The summed E-state index contributed by atoms with van der Waals surface area (Å²) < 4.78 is 0. The Balaban J connectivity index is 3.78. The zero-order chi connectivity index (χ0) is 11.0. The highest BCUT2D eigenvalue weighted by atomic mass is 16.4. The number of carbonyl (C=O) groups is 1. The van der Waals surface area contributed by atoms with Gasteiger partial charge in [-0.3, -0.25) is 4.79 Å². The first-order valence-corrected chi connectivity index (χ1v) is 5.12. The molecule has 0 heterocycles. The van der Waals surface area contributed by atoms with Gasteiger partial charge in [0.1, 0.15) is 0 Å². The van der Waals surface area contributed by atoms with E-state index in [4.69, 9.17) is 10.8 Å². The summed E-state index contributed by atoms with van der Waals surface area (Å²) in [5, 5.41) is 8.63. The van der Waals surface area contributed by atoms with Crippen LogP contribution in [0.3, 0.4) is 0 Å². The second-order valence-electron chi connectivity index (χ2n) is 3.91. The number of carboxylic acid groups (broad SMARTS) is 1. The van der Waals surface area contributed by atoms with Gasteiger partial charge in [-0.05, 0) is 37.6 Å². The van der Waals surface area contributed by atoms with Gasteiger partial charge in [0.25, 0.3) is 0 Å². The molecule has 1 unspecified atom stereocenters. The number of carboxylic acids is 1. The summed E-state index contributed by atoms with van der Waals surface area (Å²) in [7, 11) is 0. The van der Waals surface area contributed by atoms with Crippen molar-refractivity contribution in [1.29, 1.82) is 0 Å². The van der Waals surface area contributed by atoms with Gasteiger partial charge in [-0.2, -0.15) is 0 Å². The van der Waals surface area contributed by atoms with Crippen molar-refractivity contribution >= 4 is 5.97 Å². The molecule has 0 saturated heterocycles. The molecular weight excluding hydrogens is 178 g/mol. The summed E-state index contributed by atoms with van der Waals surface area (Å²) in [4.78, 5) is 10.5. The molecule has 14 heavy (non-hydrogen) atoms. The number of rotatable bonds is 8. The number of hydrogen-bond donors (Lipinski definition) is 2. The summed E-state index contributed by atoms with van der Waals surface area (Å²) in [6.45, 7) is 6.26. The molecule has 0 rings (SSSR count). The zero-order valence-corrected chi connectivity index (χ0v) is 8.91. The van der Waals surface area contributed by atoms with Crippen LogP contribution in [0, 0.1) is 11.8 Å². The predicted octanol–water partition coefficient (Wildman–Crippen LogP) is 2.03. The zero-order valence-electron chi connectivity index (χ0n) is 8.91. The van der Waals surface area contributed by atoms with Crippen LogP contribution in [0.2, 0.25) is 0 Å². The molecule has 82 valence electrons. The highest BCUT2D eigenvalue weighted by Gasteiger charge is 2.14. The van der Waals surface area contributed by atoms with Gasteiger partial charge in [0, 0.05) is 6.42 Å². The molecule has 0 fully saturated rings. The van der Waals surface area contributed by atoms with Gasteiger partial charge in [-0.1, -0.05) is 13.0 Å². The second-order valence-corrected chi connectivity index (χ2v) is 3.91. The molecule has 3 N–H and O–H groups in total. The average molecular weight is 199 g/mol. The van der Waals surface area contributed by atoms with Crippen LogP contribution >= 0.6 is 0 Å². The molecule has 0 saturated carbocycles. The van der Waals surface area contributed by atoms with Crippen LogP contribution in [-0.2, 0) is 4.79 Å². The molecular formula is C11H21NO2. The molecule has 0 spiro atoms. The van der Waals surface area contributed by atoms with E-state index < -0.39 is 5.97 Å². The normalized spacial score (nSPS) is 14.7.